The molecule has 1 heterocycles. The van der Waals surface area contributed by atoms with Crippen LogP contribution >= 0.6 is 27.5 Å². The van der Waals surface area contributed by atoms with Crippen molar-refractivity contribution in [2.24, 2.45) is 0 Å². The van der Waals surface area contributed by atoms with Gasteiger partial charge in [-0.05, 0) is 48.0 Å². The zero-order valence-corrected chi connectivity index (χ0v) is 20.1. The summed E-state index contributed by atoms with van der Waals surface area (Å²) >= 11 is 9.50. The van der Waals surface area contributed by atoms with Gasteiger partial charge in [-0.25, -0.2) is 9.69 Å². The average Bonchev–Trinajstić information content (AvgIpc) is 2.82. The molecule has 3 aromatic rings. The molecule has 4 amide bonds. The van der Waals surface area contributed by atoms with Crippen molar-refractivity contribution >= 4 is 62.8 Å². The minimum Gasteiger partial charge on any atom is -0.488 e. The summed E-state index contributed by atoms with van der Waals surface area (Å²) in [5.41, 5.74) is 0.478. The summed E-state index contributed by atoms with van der Waals surface area (Å²) in [6, 6.07) is 16.2. The predicted octanol–water partition coefficient (Wildman–Crippen LogP) is 5.26. The molecule has 4 rings (SSSR count). The quantitative estimate of drug-likeness (QED) is 0.192. The second kappa shape index (κ2) is 10.1. The van der Waals surface area contributed by atoms with Gasteiger partial charge in [0.2, 0.25) is 0 Å². The Labute approximate surface area is 212 Å². The summed E-state index contributed by atoms with van der Waals surface area (Å²) in [6.07, 6.45) is 1.26. The molecule has 0 aliphatic carbocycles. The summed E-state index contributed by atoms with van der Waals surface area (Å²) in [6.45, 7) is 0.212. The summed E-state index contributed by atoms with van der Waals surface area (Å²) in [4.78, 5) is 49.3. The molecule has 35 heavy (non-hydrogen) atoms. The lowest BCUT2D eigenvalue weighted by molar-refractivity contribution is -0.384. The van der Waals surface area contributed by atoms with Crippen LogP contribution in [0.2, 0.25) is 5.02 Å². The van der Waals surface area contributed by atoms with E-state index in [0.717, 1.165) is 16.1 Å². The number of barbiturate groups is 1. The third-order valence-corrected chi connectivity index (χ3v) is 5.74. The molecule has 0 atom stereocenters. The highest BCUT2D eigenvalue weighted by Crippen LogP contribution is 2.29. The fourth-order valence-electron chi connectivity index (χ4n) is 3.30. The van der Waals surface area contributed by atoms with E-state index in [1.807, 2.05) is 24.3 Å². The van der Waals surface area contributed by atoms with Crippen LogP contribution in [0.15, 0.2) is 76.8 Å². The number of halogens is 2. The van der Waals surface area contributed by atoms with Crippen molar-refractivity contribution in [2.75, 3.05) is 4.90 Å². The second-order valence-corrected chi connectivity index (χ2v) is 8.68. The number of benzene rings is 3. The standard InChI is InChI=1S/C24H15BrClN3O6/c25-16-6-4-14(5-7-16)13-35-21-9-8-17(26)10-15(21)11-20-22(30)27-24(32)28(23(20)31)18-2-1-3-19(12-18)29(33)34/h1-12H,13H2,(H,27,30,32)/b20-11+. The topological polar surface area (TPSA) is 119 Å². The molecule has 1 saturated heterocycles. The molecule has 1 aliphatic rings. The van der Waals surface area contributed by atoms with E-state index in [4.69, 9.17) is 16.3 Å². The van der Waals surface area contributed by atoms with E-state index in [1.165, 1.54) is 30.3 Å². The summed E-state index contributed by atoms with van der Waals surface area (Å²) in [5.74, 6) is -1.51. The number of nitro groups is 1. The fourth-order valence-corrected chi connectivity index (χ4v) is 3.74. The molecule has 176 valence electrons. The number of imide groups is 2. The minimum absolute atomic E-state index is 0.0575. The van der Waals surface area contributed by atoms with Crippen LogP contribution in [0, 0.1) is 10.1 Å². The number of hydrogen-bond donors (Lipinski definition) is 1. The van der Waals surface area contributed by atoms with Gasteiger partial charge in [0.05, 0.1) is 10.6 Å². The molecule has 1 fully saturated rings. The van der Waals surface area contributed by atoms with Gasteiger partial charge >= 0.3 is 6.03 Å². The van der Waals surface area contributed by atoms with Gasteiger partial charge in [-0.15, -0.1) is 0 Å². The van der Waals surface area contributed by atoms with Gasteiger partial charge in [-0.1, -0.05) is 45.7 Å². The number of non-ortho nitro benzene ring substituents is 1. The lowest BCUT2D eigenvalue weighted by Crippen LogP contribution is -2.54. The van der Waals surface area contributed by atoms with Gasteiger partial charge in [-0.3, -0.25) is 25.0 Å². The lowest BCUT2D eigenvalue weighted by Gasteiger charge is -2.26. The first kappa shape index (κ1) is 24.1. The van der Waals surface area contributed by atoms with E-state index < -0.39 is 22.8 Å². The molecule has 0 saturated carbocycles. The predicted molar refractivity (Wildman–Crippen MR) is 132 cm³/mol. The molecule has 1 N–H and O–H groups in total. The van der Waals surface area contributed by atoms with Crippen LogP contribution in [0.3, 0.4) is 0 Å². The third-order valence-electron chi connectivity index (χ3n) is 4.98. The smallest absolute Gasteiger partial charge is 0.335 e. The Morgan fingerprint density at radius 1 is 1.06 bits per heavy atom. The van der Waals surface area contributed by atoms with Gasteiger partial charge in [0, 0.05) is 27.2 Å². The van der Waals surface area contributed by atoms with Crippen molar-refractivity contribution in [3.05, 3.63) is 103 Å². The number of anilines is 1. The molecule has 1 aliphatic heterocycles. The SMILES string of the molecule is O=C1NC(=O)N(c2cccc([N+](=O)[O-])c2)C(=O)/C1=C/c1cc(Cl)ccc1OCc1ccc(Br)cc1. The van der Waals surface area contributed by atoms with Crippen LogP contribution in [0.4, 0.5) is 16.2 Å². The van der Waals surface area contributed by atoms with Crippen LogP contribution < -0.4 is 15.0 Å². The molecule has 3 aromatic carbocycles. The maximum atomic E-state index is 13.2. The number of nitrogens with one attached hydrogen (secondary N) is 1. The van der Waals surface area contributed by atoms with Gasteiger partial charge in [0.1, 0.15) is 17.9 Å². The molecular formula is C24H15BrClN3O6. The Kier molecular flexibility index (Phi) is 6.94. The highest BCUT2D eigenvalue weighted by Gasteiger charge is 2.37. The van der Waals surface area contributed by atoms with Crippen molar-refractivity contribution in [2.45, 2.75) is 6.61 Å². The number of carbonyl (C=O) groups excluding carboxylic acids is 3. The first-order valence-corrected chi connectivity index (χ1v) is 11.2. The molecule has 0 aromatic heterocycles. The summed E-state index contributed by atoms with van der Waals surface area (Å²) in [7, 11) is 0. The Morgan fingerprint density at radius 2 is 1.80 bits per heavy atom. The van der Waals surface area contributed by atoms with Crippen molar-refractivity contribution in [3.8, 4) is 5.75 Å². The van der Waals surface area contributed by atoms with E-state index in [9.17, 15) is 24.5 Å². The van der Waals surface area contributed by atoms with Crippen LogP contribution in [0.1, 0.15) is 11.1 Å². The number of nitrogens with zero attached hydrogens (tertiary/aromatic N) is 2. The fraction of sp³-hybridized carbons (Fsp3) is 0.0417. The maximum absolute atomic E-state index is 13.2. The molecule has 0 radical (unpaired) electrons. The van der Waals surface area contributed by atoms with E-state index in [1.54, 1.807) is 12.1 Å². The molecule has 0 unspecified atom stereocenters. The van der Waals surface area contributed by atoms with E-state index in [-0.39, 0.29) is 23.6 Å². The van der Waals surface area contributed by atoms with Crippen LogP contribution in [-0.2, 0) is 16.2 Å². The number of nitro benzene ring substituents is 1. The summed E-state index contributed by atoms with van der Waals surface area (Å²) in [5, 5.41) is 13.5. The second-order valence-electron chi connectivity index (χ2n) is 7.33. The number of carbonyl (C=O) groups is 3. The molecule has 0 bridgehead atoms. The highest BCUT2D eigenvalue weighted by atomic mass is 79.9. The van der Waals surface area contributed by atoms with Crippen LogP contribution in [0.5, 0.6) is 5.75 Å². The first-order valence-electron chi connectivity index (χ1n) is 10.1. The maximum Gasteiger partial charge on any atom is 0.335 e. The normalized spacial score (nSPS) is 14.7. The lowest BCUT2D eigenvalue weighted by atomic mass is 10.1. The number of hydrogen-bond acceptors (Lipinski definition) is 6. The van der Waals surface area contributed by atoms with E-state index in [0.29, 0.717) is 21.2 Å². The van der Waals surface area contributed by atoms with Crippen LogP contribution in [-0.4, -0.2) is 22.8 Å². The zero-order chi connectivity index (χ0) is 25.1. The van der Waals surface area contributed by atoms with Gasteiger partial charge in [0.25, 0.3) is 17.5 Å². The molecule has 9 nitrogen and oxygen atoms in total. The van der Waals surface area contributed by atoms with E-state index >= 15 is 0 Å². The number of ether oxygens (including phenoxy) is 1. The van der Waals surface area contributed by atoms with Gasteiger partial charge in [0.15, 0.2) is 0 Å². The monoisotopic (exact) mass is 555 g/mol. The largest absolute Gasteiger partial charge is 0.488 e. The van der Waals surface area contributed by atoms with E-state index in [2.05, 4.69) is 21.2 Å². The number of amides is 4. The van der Waals surface area contributed by atoms with Crippen molar-refractivity contribution < 1.29 is 24.0 Å². The molecule has 11 heteroatoms. The Morgan fingerprint density at radius 3 is 2.51 bits per heavy atom. The average molecular weight is 557 g/mol. The van der Waals surface area contributed by atoms with Crippen molar-refractivity contribution in [1.82, 2.24) is 5.32 Å². The van der Waals surface area contributed by atoms with Crippen molar-refractivity contribution in [1.29, 1.82) is 0 Å². The van der Waals surface area contributed by atoms with Gasteiger partial charge < -0.3 is 4.74 Å². The van der Waals surface area contributed by atoms with Crippen molar-refractivity contribution in [3.63, 3.8) is 0 Å². The Balaban J connectivity index is 1.68. The first-order chi connectivity index (χ1) is 16.7. The minimum atomic E-state index is -1.02. The number of rotatable bonds is 6. The zero-order valence-electron chi connectivity index (χ0n) is 17.7. The third kappa shape index (κ3) is 5.39. The Bertz CT molecular complexity index is 1390. The molecular weight excluding hydrogens is 542 g/mol. The molecule has 0 spiro atoms. The Hall–Kier alpha value is -4.02. The number of urea groups is 1. The highest BCUT2D eigenvalue weighted by molar-refractivity contribution is 9.10. The van der Waals surface area contributed by atoms with Gasteiger partial charge in [-0.2, -0.15) is 0 Å². The van der Waals surface area contributed by atoms with Crippen LogP contribution in [0.25, 0.3) is 6.08 Å². The summed E-state index contributed by atoms with van der Waals surface area (Å²) < 4.78 is 6.81.